The van der Waals surface area contributed by atoms with Gasteiger partial charge in [-0.2, -0.15) is 23.5 Å². The van der Waals surface area contributed by atoms with Crippen LogP contribution in [0.1, 0.15) is 45.9 Å². The second-order valence-electron chi connectivity index (χ2n) is 8.02. The van der Waals surface area contributed by atoms with E-state index < -0.39 is 17.8 Å². The Hall–Kier alpha value is -3.85. The van der Waals surface area contributed by atoms with Gasteiger partial charge in [0.15, 0.2) is 11.5 Å². The molecule has 0 atom stereocenters. The Morgan fingerprint density at radius 2 is 2.03 bits per heavy atom. The van der Waals surface area contributed by atoms with Crippen molar-refractivity contribution in [2.45, 2.75) is 38.0 Å². The topological polar surface area (TPSA) is 118 Å². The smallest absolute Gasteiger partial charge is 0.349 e. The van der Waals surface area contributed by atoms with Crippen LogP contribution in [0.3, 0.4) is 0 Å². The molecule has 4 rings (SSSR count). The number of alkyl halides is 3. The second-order valence-corrected chi connectivity index (χ2v) is 8.43. The van der Waals surface area contributed by atoms with Crippen molar-refractivity contribution in [1.29, 1.82) is 5.26 Å². The van der Waals surface area contributed by atoms with Gasteiger partial charge in [-0.3, -0.25) is 14.3 Å². The van der Waals surface area contributed by atoms with Crippen molar-refractivity contribution in [2.75, 3.05) is 5.32 Å². The lowest BCUT2D eigenvalue weighted by Crippen LogP contribution is -2.39. The lowest BCUT2D eigenvalue weighted by atomic mass is 9.93. The van der Waals surface area contributed by atoms with Crippen LogP contribution in [0.4, 0.5) is 18.9 Å². The number of rotatable bonds is 6. The van der Waals surface area contributed by atoms with Crippen molar-refractivity contribution in [3.8, 4) is 17.3 Å². The van der Waals surface area contributed by atoms with Gasteiger partial charge in [0.1, 0.15) is 6.54 Å². The molecule has 0 saturated heterocycles. The molecule has 2 heterocycles. The Kier molecular flexibility index (Phi) is 6.53. The van der Waals surface area contributed by atoms with E-state index in [1.165, 1.54) is 29.8 Å². The Morgan fingerprint density at radius 3 is 2.63 bits per heavy atom. The summed E-state index contributed by atoms with van der Waals surface area (Å²) >= 11 is 6.23. The van der Waals surface area contributed by atoms with Gasteiger partial charge in [0.05, 0.1) is 34.1 Å². The summed E-state index contributed by atoms with van der Waals surface area (Å²) in [5.74, 6) is -1.16. The quantitative estimate of drug-likeness (QED) is 0.525. The zero-order valence-electron chi connectivity index (χ0n) is 18.4. The monoisotopic (exact) mass is 505 g/mol. The number of aromatic nitrogens is 4. The van der Waals surface area contributed by atoms with E-state index >= 15 is 0 Å². The van der Waals surface area contributed by atoms with E-state index in [1.807, 2.05) is 0 Å². The molecule has 0 spiro atoms. The van der Waals surface area contributed by atoms with E-state index in [0.717, 1.165) is 36.3 Å². The Balaban J connectivity index is 1.54. The van der Waals surface area contributed by atoms with E-state index in [4.69, 9.17) is 16.9 Å². The van der Waals surface area contributed by atoms with E-state index in [0.29, 0.717) is 0 Å². The Bertz CT molecular complexity index is 1340. The summed E-state index contributed by atoms with van der Waals surface area (Å²) in [5, 5.41) is 17.8. The van der Waals surface area contributed by atoms with Crippen LogP contribution in [0.15, 0.2) is 30.6 Å². The normalized spacial score (nSPS) is 13.7. The highest BCUT2D eigenvalue weighted by molar-refractivity contribution is 6.34. The van der Waals surface area contributed by atoms with Gasteiger partial charge < -0.3 is 15.2 Å². The van der Waals surface area contributed by atoms with Gasteiger partial charge in [0, 0.05) is 25.0 Å². The van der Waals surface area contributed by atoms with Crippen LogP contribution in [-0.4, -0.2) is 37.2 Å². The average Bonchev–Trinajstić information content (AvgIpc) is 3.34. The van der Waals surface area contributed by atoms with Gasteiger partial charge in [-0.15, -0.1) is 0 Å². The van der Waals surface area contributed by atoms with Crippen molar-refractivity contribution in [3.05, 3.63) is 52.7 Å². The van der Waals surface area contributed by atoms with Gasteiger partial charge in [0.25, 0.3) is 11.8 Å². The predicted molar refractivity (Wildman–Crippen MR) is 120 cm³/mol. The standard InChI is InChI=1S/C22H19ClF3N7O2/c1-32-17(15-11-33(8-7-27)31-18(15)22(24,25)26)10-28-19(32)21(35)30-13-5-6-14(16(23)9-13)20(34)29-12-3-2-4-12/h5-6,9-12H,2-4,8H2,1H3,(H,29,34)(H,30,35). The number of anilines is 1. The maximum Gasteiger partial charge on any atom is 0.435 e. The minimum absolute atomic E-state index is 0.00675. The summed E-state index contributed by atoms with van der Waals surface area (Å²) in [4.78, 5) is 29.1. The number of imidazole rings is 1. The molecule has 1 saturated carbocycles. The lowest BCUT2D eigenvalue weighted by molar-refractivity contribution is -0.141. The summed E-state index contributed by atoms with van der Waals surface area (Å²) in [5.41, 5.74) is -0.961. The highest BCUT2D eigenvalue weighted by atomic mass is 35.5. The van der Waals surface area contributed by atoms with E-state index in [-0.39, 0.29) is 51.8 Å². The third-order valence-corrected chi connectivity index (χ3v) is 5.95. The summed E-state index contributed by atoms with van der Waals surface area (Å²) < 4.78 is 42.5. The zero-order valence-corrected chi connectivity index (χ0v) is 19.1. The molecule has 1 aliphatic rings. The number of hydrogen-bond donors (Lipinski definition) is 2. The summed E-state index contributed by atoms with van der Waals surface area (Å²) in [6, 6.07) is 6.26. The molecule has 0 unspecified atom stereocenters. The van der Waals surface area contributed by atoms with Crippen LogP contribution in [0.25, 0.3) is 11.3 Å². The van der Waals surface area contributed by atoms with E-state index in [9.17, 15) is 22.8 Å². The lowest BCUT2D eigenvalue weighted by Gasteiger charge is -2.26. The number of nitrogens with zero attached hydrogens (tertiary/aromatic N) is 5. The van der Waals surface area contributed by atoms with E-state index in [2.05, 4.69) is 20.7 Å². The van der Waals surface area contributed by atoms with Crippen LogP contribution in [0.2, 0.25) is 5.02 Å². The molecule has 0 radical (unpaired) electrons. The number of carbonyl (C=O) groups excluding carboxylic acids is 2. The van der Waals surface area contributed by atoms with E-state index in [1.54, 1.807) is 6.07 Å². The number of carbonyl (C=O) groups is 2. The highest BCUT2D eigenvalue weighted by Crippen LogP contribution is 2.36. The van der Waals surface area contributed by atoms with Crippen molar-refractivity contribution in [2.24, 2.45) is 7.05 Å². The van der Waals surface area contributed by atoms with Crippen molar-refractivity contribution in [3.63, 3.8) is 0 Å². The number of nitriles is 1. The third-order valence-electron chi connectivity index (χ3n) is 5.64. The molecule has 0 aliphatic heterocycles. The first-order valence-electron chi connectivity index (χ1n) is 10.5. The first-order valence-corrected chi connectivity index (χ1v) is 10.9. The minimum atomic E-state index is -4.77. The molecule has 182 valence electrons. The Morgan fingerprint density at radius 1 is 1.29 bits per heavy atom. The third kappa shape index (κ3) is 5.00. The first-order chi connectivity index (χ1) is 16.6. The molecule has 1 aliphatic carbocycles. The van der Waals surface area contributed by atoms with Crippen molar-refractivity contribution >= 4 is 29.1 Å². The van der Waals surface area contributed by atoms with Crippen LogP contribution >= 0.6 is 11.6 Å². The van der Waals surface area contributed by atoms with Crippen molar-refractivity contribution < 1.29 is 22.8 Å². The van der Waals surface area contributed by atoms with Crippen molar-refractivity contribution in [1.82, 2.24) is 24.6 Å². The number of halogens is 4. The first kappa shape index (κ1) is 24.3. The molecule has 2 N–H and O–H groups in total. The predicted octanol–water partition coefficient (Wildman–Crippen LogP) is 4.01. The van der Waals surface area contributed by atoms with Crippen LogP contribution in [0, 0.1) is 11.3 Å². The molecule has 1 aromatic carbocycles. The van der Waals surface area contributed by atoms with Crippen LogP contribution < -0.4 is 10.6 Å². The number of nitrogens with one attached hydrogen (secondary N) is 2. The molecule has 0 bridgehead atoms. The molecule has 9 nitrogen and oxygen atoms in total. The minimum Gasteiger partial charge on any atom is -0.349 e. The maximum absolute atomic E-state index is 13.5. The molecular formula is C22H19ClF3N7O2. The molecule has 2 aromatic heterocycles. The van der Waals surface area contributed by atoms with Gasteiger partial charge in [0.2, 0.25) is 0 Å². The molecule has 2 amide bonds. The fraction of sp³-hybridized carbons (Fsp3) is 0.318. The fourth-order valence-electron chi connectivity index (χ4n) is 3.62. The van der Waals surface area contributed by atoms with Gasteiger partial charge in [-0.1, -0.05) is 11.6 Å². The zero-order chi connectivity index (χ0) is 25.3. The number of benzene rings is 1. The molecule has 35 heavy (non-hydrogen) atoms. The Labute approximate surface area is 202 Å². The highest BCUT2D eigenvalue weighted by Gasteiger charge is 2.38. The average molecular weight is 506 g/mol. The van der Waals surface area contributed by atoms with Crippen LogP contribution in [0.5, 0.6) is 0 Å². The largest absolute Gasteiger partial charge is 0.435 e. The number of hydrogen-bond acceptors (Lipinski definition) is 5. The summed E-state index contributed by atoms with van der Waals surface area (Å²) in [7, 11) is 1.39. The molecule has 3 aromatic rings. The van der Waals surface area contributed by atoms with Gasteiger partial charge >= 0.3 is 6.18 Å². The summed E-state index contributed by atoms with van der Waals surface area (Å²) in [6.07, 6.45) is 0.348. The second kappa shape index (κ2) is 9.42. The fourth-order valence-corrected chi connectivity index (χ4v) is 3.89. The summed E-state index contributed by atoms with van der Waals surface area (Å²) in [6.45, 7) is -0.371. The molecule has 13 heteroatoms. The SMILES string of the molecule is Cn1c(-c2cn(CC#N)nc2C(F)(F)F)cnc1C(=O)Nc1ccc(C(=O)NC2CCC2)c(Cl)c1. The number of amides is 2. The molecule has 1 fully saturated rings. The van der Waals surface area contributed by atoms with Crippen LogP contribution in [-0.2, 0) is 19.8 Å². The maximum atomic E-state index is 13.5. The van der Waals surface area contributed by atoms with Gasteiger partial charge in [-0.05, 0) is 37.5 Å². The van der Waals surface area contributed by atoms with Gasteiger partial charge in [-0.25, -0.2) is 4.98 Å². The molecular weight excluding hydrogens is 487 g/mol.